The fourth-order valence-corrected chi connectivity index (χ4v) is 11.2. The Morgan fingerprint density at radius 3 is 1.45 bits per heavy atom. The molecule has 0 saturated carbocycles. The maximum Gasteiger partial charge on any atom is 0.164 e. The minimum Gasteiger partial charge on any atom is -0.455 e. The quantitative estimate of drug-likeness (QED) is 0.163. The molecule has 5 heterocycles. The molecule has 0 amide bonds. The number of nitrogens with zero attached hydrogens (tertiary/aromatic N) is 7. The number of nitriles is 2. The first-order chi connectivity index (χ1) is 36.6. The molecule has 0 aliphatic heterocycles. The number of rotatable bonds is 6. The van der Waals surface area contributed by atoms with Crippen LogP contribution in [0.4, 0.5) is 0 Å². The van der Waals surface area contributed by atoms with Gasteiger partial charge in [-0.2, -0.15) is 10.5 Å². The molecule has 5 aromatic heterocycles. The molecule has 0 aliphatic rings. The molecule has 15 rings (SSSR count). The minimum absolute atomic E-state index is 0.414. The maximum absolute atomic E-state index is 11.0. The first-order valence-electron chi connectivity index (χ1n) is 24.3. The van der Waals surface area contributed by atoms with Crippen molar-refractivity contribution in [1.82, 2.24) is 24.1 Å². The summed E-state index contributed by atoms with van der Waals surface area (Å²) in [6.07, 6.45) is 0. The monoisotopic (exact) mass is 945 g/mol. The van der Waals surface area contributed by atoms with Crippen LogP contribution in [0.25, 0.3) is 144 Å². The molecule has 0 aliphatic carbocycles. The Morgan fingerprint density at radius 2 is 0.851 bits per heavy atom. The Bertz CT molecular complexity index is 4950. The van der Waals surface area contributed by atoms with Gasteiger partial charge in [-0.3, -0.25) is 0 Å². The lowest BCUT2D eigenvalue weighted by Crippen LogP contribution is -2.03. The summed E-state index contributed by atoms with van der Waals surface area (Å²) in [5.74, 6) is 1.35. The molecular weight excluding hydrogens is 911 g/mol. The smallest absolute Gasteiger partial charge is 0.164 e. The third kappa shape index (κ3) is 6.11. The Hall–Kier alpha value is -10.6. The van der Waals surface area contributed by atoms with Crippen LogP contribution in [-0.2, 0) is 0 Å². The summed E-state index contributed by atoms with van der Waals surface area (Å²) in [5.41, 5.74) is 13.8. The van der Waals surface area contributed by atoms with Gasteiger partial charge in [-0.05, 0) is 103 Å². The topological polar surface area (TPSA) is 122 Å². The molecule has 342 valence electrons. The van der Waals surface area contributed by atoms with Crippen LogP contribution in [0, 0.1) is 22.7 Å². The van der Waals surface area contributed by atoms with Crippen molar-refractivity contribution in [2.45, 2.75) is 0 Å². The van der Waals surface area contributed by atoms with E-state index < -0.39 is 0 Å². The number of aromatic nitrogens is 5. The number of furan rings is 2. The van der Waals surface area contributed by atoms with E-state index in [0.29, 0.717) is 34.2 Å². The first kappa shape index (κ1) is 41.2. The second-order valence-electron chi connectivity index (χ2n) is 18.5. The fourth-order valence-electron chi connectivity index (χ4n) is 11.2. The molecule has 9 heteroatoms. The number of fused-ring (bicyclic) bond motifs is 14. The first-order valence-corrected chi connectivity index (χ1v) is 24.3. The highest BCUT2D eigenvalue weighted by molar-refractivity contribution is 6.25. The van der Waals surface area contributed by atoms with E-state index in [4.69, 9.17) is 23.8 Å². The van der Waals surface area contributed by atoms with Crippen molar-refractivity contribution in [3.63, 3.8) is 0 Å². The van der Waals surface area contributed by atoms with E-state index in [2.05, 4.69) is 106 Å². The molecule has 0 bridgehead atoms. The highest BCUT2D eigenvalue weighted by Gasteiger charge is 2.24. The molecule has 0 fully saturated rings. The number of benzene rings is 10. The van der Waals surface area contributed by atoms with Crippen LogP contribution in [0.3, 0.4) is 0 Å². The van der Waals surface area contributed by atoms with Crippen LogP contribution in [-0.4, -0.2) is 24.1 Å². The van der Waals surface area contributed by atoms with Gasteiger partial charge in [0.05, 0.1) is 61.4 Å². The van der Waals surface area contributed by atoms with Crippen LogP contribution in [0.5, 0.6) is 0 Å². The van der Waals surface area contributed by atoms with Gasteiger partial charge in [-0.1, -0.05) is 115 Å². The van der Waals surface area contributed by atoms with Crippen LogP contribution in [0.2, 0.25) is 0 Å². The summed E-state index contributed by atoms with van der Waals surface area (Å²) in [6.45, 7) is 0. The predicted molar refractivity (Wildman–Crippen MR) is 294 cm³/mol. The maximum atomic E-state index is 11.0. The van der Waals surface area contributed by atoms with E-state index >= 15 is 0 Å². The Balaban J connectivity index is 0.923. The lowest BCUT2D eigenvalue weighted by molar-refractivity contribution is 0.672. The molecule has 10 aromatic carbocycles. The zero-order valence-corrected chi connectivity index (χ0v) is 39.2. The second kappa shape index (κ2) is 16.0. The SMILES string of the molecule is N#Cc1cccc(-c2cc(-c3nc(-c4ccccc4)nc(-c4ccc(-n5c6ccccc6c6c7oc8ccccc8c7ccc65)c(C#N)c4)n3)ccc2-n2c3ccccc3c3c4oc5ccccc5c4ccc32)c1. The van der Waals surface area contributed by atoms with Crippen LogP contribution >= 0.6 is 0 Å². The standard InChI is InChI=1S/C65H35N7O2/c66-36-38-13-12-16-40(33-38)50-35-42(26-30-54(50)72-53-22-9-5-20-49(53)60-56(72)32-28-47-45-18-7-11-24-58(45)74-62(47)60)65-69-63(39-14-2-1-3-15-39)68-64(70-65)41-25-29-51(43(34-41)37-67)71-52-21-8-4-19-48(52)59-55(71)31-27-46-44-17-6-10-23-57(44)73-61(46)59/h1-35H. The molecule has 0 spiro atoms. The molecule has 15 aromatic rings. The zero-order chi connectivity index (χ0) is 49.0. The van der Waals surface area contributed by atoms with Crippen LogP contribution in [0.1, 0.15) is 11.1 Å². The van der Waals surface area contributed by atoms with Crippen LogP contribution < -0.4 is 0 Å². The van der Waals surface area contributed by atoms with Gasteiger partial charge >= 0.3 is 0 Å². The van der Waals surface area contributed by atoms with Gasteiger partial charge < -0.3 is 18.0 Å². The summed E-state index contributed by atoms with van der Waals surface area (Å²) < 4.78 is 17.6. The van der Waals surface area contributed by atoms with Crippen molar-refractivity contribution in [1.29, 1.82) is 10.5 Å². The van der Waals surface area contributed by atoms with Crippen molar-refractivity contribution in [3.8, 4) is 68.8 Å². The third-order valence-corrected chi connectivity index (χ3v) is 14.4. The highest BCUT2D eigenvalue weighted by Crippen LogP contribution is 2.44. The van der Waals surface area contributed by atoms with Gasteiger partial charge in [0.1, 0.15) is 28.4 Å². The molecule has 9 nitrogen and oxygen atoms in total. The van der Waals surface area contributed by atoms with Gasteiger partial charge in [-0.25, -0.2) is 15.0 Å². The van der Waals surface area contributed by atoms with E-state index in [-0.39, 0.29) is 0 Å². The van der Waals surface area contributed by atoms with Crippen molar-refractivity contribution in [2.24, 2.45) is 0 Å². The lowest BCUT2D eigenvalue weighted by Gasteiger charge is -2.16. The zero-order valence-electron chi connectivity index (χ0n) is 39.2. The van der Waals surface area contributed by atoms with E-state index in [1.165, 1.54) is 0 Å². The van der Waals surface area contributed by atoms with E-state index in [1.54, 1.807) is 0 Å². The van der Waals surface area contributed by atoms with Crippen molar-refractivity contribution >= 4 is 87.5 Å². The predicted octanol–water partition coefficient (Wildman–Crippen LogP) is 16.3. The molecule has 74 heavy (non-hydrogen) atoms. The summed E-state index contributed by atoms with van der Waals surface area (Å²) in [7, 11) is 0. The van der Waals surface area contributed by atoms with E-state index in [1.807, 2.05) is 127 Å². The average molecular weight is 946 g/mol. The Morgan fingerprint density at radius 1 is 0.351 bits per heavy atom. The molecule has 0 atom stereocenters. The van der Waals surface area contributed by atoms with Gasteiger partial charge in [0.15, 0.2) is 17.5 Å². The van der Waals surface area contributed by atoms with Crippen molar-refractivity contribution in [2.75, 3.05) is 0 Å². The molecule has 0 unspecified atom stereocenters. The number of para-hydroxylation sites is 4. The van der Waals surface area contributed by atoms with Crippen molar-refractivity contribution in [3.05, 3.63) is 223 Å². The van der Waals surface area contributed by atoms with Crippen LogP contribution in [0.15, 0.2) is 221 Å². The highest BCUT2D eigenvalue weighted by atomic mass is 16.3. The molecule has 0 saturated heterocycles. The number of hydrogen-bond donors (Lipinski definition) is 0. The Kier molecular flexibility index (Phi) is 8.88. The molecular formula is C65H35N7O2. The Labute approximate surface area is 421 Å². The minimum atomic E-state index is 0.414. The van der Waals surface area contributed by atoms with E-state index in [9.17, 15) is 10.5 Å². The fraction of sp³-hybridized carbons (Fsp3) is 0. The van der Waals surface area contributed by atoms with Gasteiger partial charge in [0.2, 0.25) is 0 Å². The van der Waals surface area contributed by atoms with Gasteiger partial charge in [-0.15, -0.1) is 0 Å². The largest absolute Gasteiger partial charge is 0.455 e. The molecule has 0 N–H and O–H groups in total. The van der Waals surface area contributed by atoms with Gasteiger partial charge in [0, 0.05) is 54.6 Å². The lowest BCUT2D eigenvalue weighted by atomic mass is 9.98. The second-order valence-corrected chi connectivity index (χ2v) is 18.5. The number of hydrogen-bond acceptors (Lipinski definition) is 7. The molecule has 0 radical (unpaired) electrons. The summed E-state index contributed by atoms with van der Waals surface area (Å²) in [6, 6.07) is 76.0. The third-order valence-electron chi connectivity index (χ3n) is 14.4. The summed E-state index contributed by atoms with van der Waals surface area (Å²) >= 11 is 0. The van der Waals surface area contributed by atoms with Crippen molar-refractivity contribution < 1.29 is 8.83 Å². The van der Waals surface area contributed by atoms with Gasteiger partial charge in [0.25, 0.3) is 0 Å². The summed E-state index contributed by atoms with van der Waals surface area (Å²) in [4.78, 5) is 15.5. The normalized spacial score (nSPS) is 11.8. The average Bonchev–Trinajstić information content (AvgIpc) is 4.24. The summed E-state index contributed by atoms with van der Waals surface area (Å²) in [5, 5.41) is 29.5. The van der Waals surface area contributed by atoms with E-state index in [0.717, 1.165) is 121 Å².